The van der Waals surface area contributed by atoms with Crippen molar-refractivity contribution in [2.45, 2.75) is 77.0 Å². The van der Waals surface area contributed by atoms with Gasteiger partial charge in [-0.2, -0.15) is 0 Å². The predicted octanol–water partition coefficient (Wildman–Crippen LogP) is 2.94. The number of carbonyl (C=O) groups is 1. The molecule has 0 aromatic carbocycles. The Hall–Kier alpha value is -0.770. The van der Waals surface area contributed by atoms with Crippen molar-refractivity contribution < 1.29 is 14.6 Å². The summed E-state index contributed by atoms with van der Waals surface area (Å²) in [6.45, 7) is 6.55. The van der Waals surface area contributed by atoms with Crippen LogP contribution in [-0.4, -0.2) is 40.4 Å². The van der Waals surface area contributed by atoms with E-state index < -0.39 is 5.60 Å². The minimum atomic E-state index is -0.437. The SMILES string of the molecule is CC(C)(C)OC(=O)N(CC1CC1)[C@H]1CC[C@H](O)CC1. The van der Waals surface area contributed by atoms with Gasteiger partial charge in [-0.1, -0.05) is 0 Å². The number of hydrogen-bond donors (Lipinski definition) is 1. The first-order valence-corrected chi connectivity index (χ1v) is 7.53. The van der Waals surface area contributed by atoms with Crippen molar-refractivity contribution in [1.29, 1.82) is 0 Å². The van der Waals surface area contributed by atoms with E-state index >= 15 is 0 Å². The predicted molar refractivity (Wildman–Crippen MR) is 73.9 cm³/mol. The molecule has 0 spiro atoms. The molecule has 0 aromatic rings. The fourth-order valence-corrected chi connectivity index (χ4v) is 2.64. The van der Waals surface area contributed by atoms with Crippen LogP contribution in [0.3, 0.4) is 0 Å². The molecule has 0 atom stereocenters. The number of aliphatic hydroxyl groups excluding tert-OH is 1. The van der Waals surface area contributed by atoms with Crippen LogP contribution in [-0.2, 0) is 4.74 Å². The topological polar surface area (TPSA) is 49.8 Å². The Kier molecular flexibility index (Phi) is 4.39. The lowest BCUT2D eigenvalue weighted by atomic mass is 9.92. The molecule has 2 rings (SSSR count). The molecule has 2 aliphatic rings. The van der Waals surface area contributed by atoms with Gasteiger partial charge in [0, 0.05) is 12.6 Å². The average molecular weight is 269 g/mol. The Morgan fingerprint density at radius 1 is 1.16 bits per heavy atom. The first-order chi connectivity index (χ1) is 8.85. The molecule has 2 aliphatic carbocycles. The van der Waals surface area contributed by atoms with Crippen LogP contribution >= 0.6 is 0 Å². The van der Waals surface area contributed by atoms with E-state index in [1.165, 1.54) is 12.8 Å². The molecule has 1 N–H and O–H groups in total. The molecule has 2 saturated carbocycles. The number of amides is 1. The lowest BCUT2D eigenvalue weighted by molar-refractivity contribution is 0.00385. The van der Waals surface area contributed by atoms with Crippen molar-refractivity contribution in [3.63, 3.8) is 0 Å². The smallest absolute Gasteiger partial charge is 0.410 e. The average Bonchev–Trinajstić information content (AvgIpc) is 3.08. The zero-order valence-corrected chi connectivity index (χ0v) is 12.4. The summed E-state index contributed by atoms with van der Waals surface area (Å²) in [4.78, 5) is 14.3. The summed E-state index contributed by atoms with van der Waals surface area (Å²) in [6, 6.07) is 0.249. The van der Waals surface area contributed by atoms with E-state index in [4.69, 9.17) is 4.74 Å². The standard InChI is InChI=1S/C15H27NO3/c1-15(2,3)19-14(18)16(10-11-4-5-11)12-6-8-13(17)9-7-12/h11-13,17H,4-10H2,1-3H3/t12-,13-. The van der Waals surface area contributed by atoms with Gasteiger partial charge in [-0.15, -0.1) is 0 Å². The van der Waals surface area contributed by atoms with Gasteiger partial charge >= 0.3 is 6.09 Å². The van der Waals surface area contributed by atoms with Crippen LogP contribution < -0.4 is 0 Å². The van der Waals surface area contributed by atoms with Crippen molar-refractivity contribution in [2.75, 3.05) is 6.54 Å². The zero-order chi connectivity index (χ0) is 14.0. The van der Waals surface area contributed by atoms with Gasteiger partial charge in [0.2, 0.25) is 0 Å². The van der Waals surface area contributed by atoms with Crippen molar-refractivity contribution in [3.8, 4) is 0 Å². The summed E-state index contributed by atoms with van der Waals surface area (Å²) >= 11 is 0. The molecule has 4 nitrogen and oxygen atoms in total. The summed E-state index contributed by atoms with van der Waals surface area (Å²) in [5, 5.41) is 9.59. The highest BCUT2D eigenvalue weighted by Crippen LogP contribution is 2.33. The molecule has 0 unspecified atom stereocenters. The maximum Gasteiger partial charge on any atom is 0.410 e. The molecule has 1 amide bonds. The van der Waals surface area contributed by atoms with Crippen LogP contribution in [0.2, 0.25) is 0 Å². The van der Waals surface area contributed by atoms with Crippen molar-refractivity contribution in [1.82, 2.24) is 4.90 Å². The molecule has 0 aliphatic heterocycles. The van der Waals surface area contributed by atoms with E-state index in [0.29, 0.717) is 5.92 Å². The third kappa shape index (κ3) is 4.68. The molecule has 4 heteroatoms. The third-order valence-corrected chi connectivity index (χ3v) is 3.89. The second kappa shape index (κ2) is 5.70. The molecule has 0 saturated heterocycles. The van der Waals surface area contributed by atoms with Gasteiger partial charge in [-0.05, 0) is 65.2 Å². The maximum absolute atomic E-state index is 12.3. The molecule has 0 radical (unpaired) electrons. The lowest BCUT2D eigenvalue weighted by Crippen LogP contribution is -2.46. The van der Waals surface area contributed by atoms with Gasteiger partial charge in [-0.25, -0.2) is 4.79 Å². The molecular formula is C15H27NO3. The largest absolute Gasteiger partial charge is 0.444 e. The summed E-state index contributed by atoms with van der Waals surface area (Å²) in [5.74, 6) is 0.666. The highest BCUT2D eigenvalue weighted by Gasteiger charge is 2.35. The van der Waals surface area contributed by atoms with Crippen molar-refractivity contribution in [3.05, 3.63) is 0 Å². The van der Waals surface area contributed by atoms with Crippen LogP contribution in [0.5, 0.6) is 0 Å². The number of carbonyl (C=O) groups excluding carboxylic acids is 1. The highest BCUT2D eigenvalue weighted by molar-refractivity contribution is 5.68. The van der Waals surface area contributed by atoms with E-state index in [9.17, 15) is 9.90 Å². The van der Waals surface area contributed by atoms with E-state index in [0.717, 1.165) is 32.2 Å². The molecule has 0 heterocycles. The van der Waals surface area contributed by atoms with Gasteiger partial charge in [0.15, 0.2) is 0 Å². The molecule has 0 bridgehead atoms. The molecular weight excluding hydrogens is 242 g/mol. The Morgan fingerprint density at radius 3 is 2.21 bits per heavy atom. The quantitative estimate of drug-likeness (QED) is 0.857. The van der Waals surface area contributed by atoms with Gasteiger partial charge < -0.3 is 14.7 Å². The second-order valence-electron chi connectivity index (χ2n) is 7.04. The number of aliphatic hydroxyl groups is 1. The second-order valence-corrected chi connectivity index (χ2v) is 7.04. The van der Waals surface area contributed by atoms with Gasteiger partial charge in [0.25, 0.3) is 0 Å². The van der Waals surface area contributed by atoms with E-state index in [1.54, 1.807) is 0 Å². The number of ether oxygens (including phenoxy) is 1. The highest BCUT2D eigenvalue weighted by atomic mass is 16.6. The molecule has 110 valence electrons. The van der Waals surface area contributed by atoms with Crippen LogP contribution in [0.4, 0.5) is 4.79 Å². The molecule has 0 aromatic heterocycles. The van der Waals surface area contributed by atoms with E-state index in [-0.39, 0.29) is 18.2 Å². The zero-order valence-electron chi connectivity index (χ0n) is 12.4. The fourth-order valence-electron chi connectivity index (χ4n) is 2.64. The summed E-state index contributed by atoms with van der Waals surface area (Å²) in [7, 11) is 0. The Bertz CT molecular complexity index is 312. The van der Waals surface area contributed by atoms with E-state index in [2.05, 4.69) is 0 Å². The van der Waals surface area contributed by atoms with Crippen molar-refractivity contribution >= 4 is 6.09 Å². The summed E-state index contributed by atoms with van der Waals surface area (Å²) in [6.07, 6.45) is 5.49. The normalized spacial score (nSPS) is 28.0. The third-order valence-electron chi connectivity index (χ3n) is 3.89. The maximum atomic E-state index is 12.3. The number of rotatable bonds is 3. The first-order valence-electron chi connectivity index (χ1n) is 7.53. The molecule has 19 heavy (non-hydrogen) atoms. The minimum absolute atomic E-state index is 0.180. The van der Waals surface area contributed by atoms with Crippen molar-refractivity contribution in [2.24, 2.45) is 5.92 Å². The van der Waals surface area contributed by atoms with Crippen LogP contribution in [0.1, 0.15) is 59.3 Å². The fraction of sp³-hybridized carbons (Fsp3) is 0.933. The monoisotopic (exact) mass is 269 g/mol. The minimum Gasteiger partial charge on any atom is -0.444 e. The van der Waals surface area contributed by atoms with E-state index in [1.807, 2.05) is 25.7 Å². The first kappa shape index (κ1) is 14.6. The summed E-state index contributed by atoms with van der Waals surface area (Å²) < 4.78 is 5.53. The van der Waals surface area contributed by atoms with Gasteiger partial charge in [0.1, 0.15) is 5.60 Å². The van der Waals surface area contributed by atoms with Gasteiger partial charge in [0.05, 0.1) is 6.10 Å². The number of hydrogen-bond acceptors (Lipinski definition) is 3. The Balaban J connectivity index is 1.96. The van der Waals surface area contributed by atoms with Crippen LogP contribution in [0.15, 0.2) is 0 Å². The van der Waals surface area contributed by atoms with Crippen LogP contribution in [0, 0.1) is 5.92 Å². The van der Waals surface area contributed by atoms with Crippen LogP contribution in [0.25, 0.3) is 0 Å². The number of nitrogens with zero attached hydrogens (tertiary/aromatic N) is 1. The van der Waals surface area contributed by atoms with Gasteiger partial charge in [-0.3, -0.25) is 0 Å². The molecule has 2 fully saturated rings. The lowest BCUT2D eigenvalue weighted by Gasteiger charge is -2.36. The Labute approximate surface area is 116 Å². The summed E-state index contributed by atoms with van der Waals surface area (Å²) in [5.41, 5.74) is -0.437. The Morgan fingerprint density at radius 2 is 1.74 bits per heavy atom.